The maximum absolute atomic E-state index is 12.8. The Morgan fingerprint density at radius 2 is 2.15 bits per heavy atom. The zero-order chi connectivity index (χ0) is 13.9. The van der Waals surface area contributed by atoms with Crippen molar-refractivity contribution in [3.05, 3.63) is 29.8 Å². The molecule has 2 atom stereocenters. The lowest BCUT2D eigenvalue weighted by molar-refractivity contribution is 0.0708. The second kappa shape index (κ2) is 5.83. The van der Waals surface area contributed by atoms with Crippen molar-refractivity contribution in [2.45, 2.75) is 37.8 Å². The second-order valence-corrected chi connectivity index (χ2v) is 5.61. The van der Waals surface area contributed by atoms with Crippen LogP contribution in [-0.4, -0.2) is 43.1 Å². The van der Waals surface area contributed by atoms with Gasteiger partial charge in [-0.05, 0) is 44.4 Å². The molecule has 2 unspecified atom stereocenters. The summed E-state index contributed by atoms with van der Waals surface area (Å²) in [5, 5.41) is 3.54. The number of nitrogens with one attached hydrogen (secondary N) is 1. The van der Waals surface area contributed by atoms with Gasteiger partial charge in [0.2, 0.25) is 0 Å². The first-order valence-electron chi connectivity index (χ1n) is 7.48. The van der Waals surface area contributed by atoms with Gasteiger partial charge < -0.3 is 15.0 Å². The van der Waals surface area contributed by atoms with Crippen LogP contribution in [0.25, 0.3) is 0 Å². The van der Waals surface area contributed by atoms with Gasteiger partial charge in [-0.3, -0.25) is 4.79 Å². The van der Waals surface area contributed by atoms with Crippen molar-refractivity contribution in [3.63, 3.8) is 0 Å². The van der Waals surface area contributed by atoms with Gasteiger partial charge in [0.1, 0.15) is 5.75 Å². The second-order valence-electron chi connectivity index (χ2n) is 5.61. The Morgan fingerprint density at radius 1 is 1.30 bits per heavy atom. The largest absolute Gasteiger partial charge is 0.496 e. The Hall–Kier alpha value is -1.55. The fraction of sp³-hybridized carbons (Fsp3) is 0.562. The number of methoxy groups -OCH3 is 1. The van der Waals surface area contributed by atoms with E-state index in [1.54, 1.807) is 7.11 Å². The lowest BCUT2D eigenvalue weighted by Gasteiger charge is -2.30. The van der Waals surface area contributed by atoms with Gasteiger partial charge in [-0.15, -0.1) is 0 Å². The Kier molecular flexibility index (Phi) is 3.92. The predicted molar refractivity (Wildman–Crippen MR) is 78.1 cm³/mol. The predicted octanol–water partition coefficient (Wildman–Crippen LogP) is 2.05. The zero-order valence-electron chi connectivity index (χ0n) is 12.0. The maximum Gasteiger partial charge on any atom is 0.257 e. The molecule has 0 saturated carbocycles. The molecule has 2 saturated heterocycles. The molecular weight excluding hydrogens is 252 g/mol. The van der Waals surface area contributed by atoms with Gasteiger partial charge in [0, 0.05) is 18.6 Å². The van der Waals surface area contributed by atoms with E-state index >= 15 is 0 Å². The number of benzene rings is 1. The third-order valence-corrected chi connectivity index (χ3v) is 4.46. The minimum absolute atomic E-state index is 0.110. The molecule has 0 aromatic heterocycles. The van der Waals surface area contributed by atoms with Crippen molar-refractivity contribution in [1.29, 1.82) is 0 Å². The summed E-state index contributed by atoms with van der Waals surface area (Å²) in [4.78, 5) is 14.9. The first kappa shape index (κ1) is 13.4. The van der Waals surface area contributed by atoms with E-state index in [-0.39, 0.29) is 5.91 Å². The molecule has 2 aliphatic rings. The number of hydrogen-bond acceptors (Lipinski definition) is 3. The Balaban J connectivity index is 1.81. The lowest BCUT2D eigenvalue weighted by atomic mass is 10.0. The summed E-state index contributed by atoms with van der Waals surface area (Å²) in [6, 6.07) is 8.32. The molecule has 4 nitrogen and oxygen atoms in total. The minimum Gasteiger partial charge on any atom is -0.496 e. The van der Waals surface area contributed by atoms with E-state index in [9.17, 15) is 4.79 Å². The number of carbonyl (C=O) groups excluding carboxylic acids is 1. The molecule has 2 fully saturated rings. The minimum atomic E-state index is 0.110. The quantitative estimate of drug-likeness (QED) is 0.917. The molecule has 0 aliphatic carbocycles. The van der Waals surface area contributed by atoms with E-state index in [1.807, 2.05) is 29.2 Å². The molecule has 0 spiro atoms. The van der Waals surface area contributed by atoms with Crippen LogP contribution in [0.4, 0.5) is 0 Å². The molecule has 1 aromatic rings. The van der Waals surface area contributed by atoms with E-state index < -0.39 is 0 Å². The van der Waals surface area contributed by atoms with Gasteiger partial charge >= 0.3 is 0 Å². The average Bonchev–Trinajstić information content (AvgIpc) is 3.16. The van der Waals surface area contributed by atoms with Gasteiger partial charge in [-0.25, -0.2) is 0 Å². The molecule has 2 heterocycles. The lowest BCUT2D eigenvalue weighted by Crippen LogP contribution is -2.46. The normalized spacial score (nSPS) is 25.9. The van der Waals surface area contributed by atoms with Crippen molar-refractivity contribution in [2.75, 3.05) is 20.2 Å². The SMILES string of the molecule is COc1ccccc1C(=O)N1CCCC1C1CCCN1. The standard InChI is InChI=1S/C16H22N2O2/c1-20-15-9-3-2-6-12(15)16(19)18-11-5-8-14(18)13-7-4-10-17-13/h2-3,6,9,13-14,17H,4-5,7-8,10-11H2,1H3. The van der Waals surface area contributed by atoms with Gasteiger partial charge in [0.25, 0.3) is 5.91 Å². The Labute approximate surface area is 120 Å². The van der Waals surface area contributed by atoms with Crippen LogP contribution in [0.3, 0.4) is 0 Å². The van der Waals surface area contributed by atoms with Gasteiger partial charge in [-0.2, -0.15) is 0 Å². The summed E-state index contributed by atoms with van der Waals surface area (Å²) in [6.07, 6.45) is 4.61. The number of ether oxygens (including phenoxy) is 1. The van der Waals surface area contributed by atoms with Crippen molar-refractivity contribution < 1.29 is 9.53 Å². The third-order valence-electron chi connectivity index (χ3n) is 4.46. The summed E-state index contributed by atoms with van der Waals surface area (Å²) >= 11 is 0. The first-order valence-corrected chi connectivity index (χ1v) is 7.48. The van der Waals surface area contributed by atoms with Gasteiger partial charge in [0.15, 0.2) is 0 Å². The van der Waals surface area contributed by atoms with Crippen LogP contribution >= 0.6 is 0 Å². The summed E-state index contributed by atoms with van der Waals surface area (Å²) < 4.78 is 5.32. The van der Waals surface area contributed by atoms with Gasteiger partial charge in [0.05, 0.1) is 12.7 Å². The smallest absolute Gasteiger partial charge is 0.257 e. The third kappa shape index (κ3) is 2.40. The van der Waals surface area contributed by atoms with E-state index in [0.717, 1.165) is 25.9 Å². The highest BCUT2D eigenvalue weighted by Crippen LogP contribution is 2.28. The number of rotatable bonds is 3. The molecule has 108 valence electrons. The van der Waals surface area contributed by atoms with E-state index in [1.165, 1.54) is 12.8 Å². The fourth-order valence-corrected chi connectivity index (χ4v) is 3.48. The topological polar surface area (TPSA) is 41.6 Å². The number of carbonyl (C=O) groups is 1. The molecule has 1 amide bonds. The van der Waals surface area contributed by atoms with Crippen LogP contribution < -0.4 is 10.1 Å². The van der Waals surface area contributed by atoms with Crippen LogP contribution in [-0.2, 0) is 0 Å². The Bertz CT molecular complexity index is 483. The molecule has 4 heteroatoms. The van der Waals surface area contributed by atoms with Crippen molar-refractivity contribution in [3.8, 4) is 5.75 Å². The number of nitrogens with zero attached hydrogens (tertiary/aromatic N) is 1. The summed E-state index contributed by atoms with van der Waals surface area (Å²) in [7, 11) is 1.62. The van der Waals surface area contributed by atoms with Crippen LogP contribution in [0, 0.1) is 0 Å². The molecule has 20 heavy (non-hydrogen) atoms. The molecule has 0 radical (unpaired) electrons. The molecule has 1 N–H and O–H groups in total. The Morgan fingerprint density at radius 3 is 2.90 bits per heavy atom. The van der Waals surface area contributed by atoms with Crippen LogP contribution in [0.15, 0.2) is 24.3 Å². The highest BCUT2D eigenvalue weighted by atomic mass is 16.5. The number of likely N-dealkylation sites (tertiary alicyclic amines) is 1. The molecular formula is C16H22N2O2. The van der Waals surface area contributed by atoms with E-state index in [0.29, 0.717) is 23.4 Å². The number of para-hydroxylation sites is 1. The summed E-state index contributed by atoms with van der Waals surface area (Å²) in [5.41, 5.74) is 0.680. The van der Waals surface area contributed by atoms with Crippen LogP contribution in [0.1, 0.15) is 36.0 Å². The number of hydrogen-bond donors (Lipinski definition) is 1. The van der Waals surface area contributed by atoms with E-state index in [4.69, 9.17) is 4.74 Å². The maximum atomic E-state index is 12.8. The molecule has 3 rings (SSSR count). The van der Waals surface area contributed by atoms with Crippen molar-refractivity contribution in [2.24, 2.45) is 0 Å². The van der Waals surface area contributed by atoms with Gasteiger partial charge in [-0.1, -0.05) is 12.1 Å². The zero-order valence-corrected chi connectivity index (χ0v) is 12.0. The van der Waals surface area contributed by atoms with E-state index in [2.05, 4.69) is 5.32 Å². The van der Waals surface area contributed by atoms with Crippen LogP contribution in [0.2, 0.25) is 0 Å². The fourth-order valence-electron chi connectivity index (χ4n) is 3.48. The first-order chi connectivity index (χ1) is 9.81. The average molecular weight is 274 g/mol. The summed E-state index contributed by atoms with van der Waals surface area (Å²) in [6.45, 7) is 1.94. The van der Waals surface area contributed by atoms with Crippen molar-refractivity contribution in [1.82, 2.24) is 10.2 Å². The number of amides is 1. The highest BCUT2D eigenvalue weighted by Gasteiger charge is 2.36. The summed E-state index contributed by atoms with van der Waals surface area (Å²) in [5.74, 6) is 0.779. The monoisotopic (exact) mass is 274 g/mol. The molecule has 1 aromatic carbocycles. The van der Waals surface area contributed by atoms with Crippen molar-refractivity contribution >= 4 is 5.91 Å². The highest BCUT2D eigenvalue weighted by molar-refractivity contribution is 5.97. The molecule has 0 bridgehead atoms. The van der Waals surface area contributed by atoms with Crippen LogP contribution in [0.5, 0.6) is 5.75 Å². The molecule has 2 aliphatic heterocycles.